The summed E-state index contributed by atoms with van der Waals surface area (Å²) in [6.07, 6.45) is 8.07. The third-order valence-corrected chi connectivity index (χ3v) is 4.70. The van der Waals surface area contributed by atoms with Crippen LogP contribution < -0.4 is 0 Å². The summed E-state index contributed by atoms with van der Waals surface area (Å²) in [6.45, 7) is 8.33. The van der Waals surface area contributed by atoms with Crippen LogP contribution in [-0.4, -0.2) is 11.1 Å². The zero-order chi connectivity index (χ0) is 12.6. The molecule has 2 aliphatic rings. The molecule has 94 valence electrons. The minimum absolute atomic E-state index is 0.0520. The number of carboxylic acids is 1. The van der Waals surface area contributed by atoms with Crippen molar-refractivity contribution in [3.63, 3.8) is 0 Å². The van der Waals surface area contributed by atoms with Crippen LogP contribution >= 0.6 is 0 Å². The molecule has 0 aliphatic heterocycles. The maximum atomic E-state index is 11.0. The zero-order valence-corrected chi connectivity index (χ0v) is 10.8. The molecular weight excluding hydrogens is 212 g/mol. The van der Waals surface area contributed by atoms with E-state index in [-0.39, 0.29) is 5.92 Å². The van der Waals surface area contributed by atoms with Crippen molar-refractivity contribution in [2.45, 2.75) is 46.0 Å². The van der Waals surface area contributed by atoms with Gasteiger partial charge < -0.3 is 5.11 Å². The Kier molecular flexibility index (Phi) is 3.15. The average molecular weight is 234 g/mol. The average Bonchev–Trinajstić information content (AvgIpc) is 2.27. The zero-order valence-electron chi connectivity index (χ0n) is 10.8. The molecule has 0 aromatic heterocycles. The molecule has 0 spiro atoms. The molecule has 0 aromatic carbocycles. The molecule has 17 heavy (non-hydrogen) atoms. The summed E-state index contributed by atoms with van der Waals surface area (Å²) in [7, 11) is 0. The molecule has 2 rings (SSSR count). The largest absolute Gasteiger partial charge is 0.478 e. The lowest BCUT2D eigenvalue weighted by Crippen LogP contribution is -2.33. The number of carbonyl (C=O) groups is 1. The van der Waals surface area contributed by atoms with E-state index in [4.69, 9.17) is 5.11 Å². The van der Waals surface area contributed by atoms with Gasteiger partial charge in [-0.15, -0.1) is 0 Å². The Bertz CT molecular complexity index is 380. The first-order valence-corrected chi connectivity index (χ1v) is 6.58. The summed E-state index contributed by atoms with van der Waals surface area (Å²) >= 11 is 0. The molecule has 1 fully saturated rings. The van der Waals surface area contributed by atoms with Gasteiger partial charge in [0.05, 0.1) is 0 Å². The van der Waals surface area contributed by atoms with Crippen molar-refractivity contribution in [2.24, 2.45) is 17.3 Å². The molecule has 0 radical (unpaired) electrons. The fourth-order valence-corrected chi connectivity index (χ4v) is 3.54. The van der Waals surface area contributed by atoms with Gasteiger partial charge >= 0.3 is 5.97 Å². The molecule has 0 saturated heterocycles. The van der Waals surface area contributed by atoms with E-state index >= 15 is 0 Å². The van der Waals surface area contributed by atoms with Crippen LogP contribution in [0.5, 0.6) is 0 Å². The Morgan fingerprint density at radius 3 is 2.82 bits per heavy atom. The quantitative estimate of drug-likeness (QED) is 0.583. The number of hydrogen-bond acceptors (Lipinski definition) is 1. The summed E-state index contributed by atoms with van der Waals surface area (Å²) in [6, 6.07) is 0. The van der Waals surface area contributed by atoms with Crippen LogP contribution in [0.1, 0.15) is 46.0 Å². The maximum Gasteiger partial charge on any atom is 0.331 e. The van der Waals surface area contributed by atoms with E-state index in [1.807, 2.05) is 0 Å². The highest BCUT2D eigenvalue weighted by Crippen LogP contribution is 2.51. The van der Waals surface area contributed by atoms with Crippen molar-refractivity contribution in [1.29, 1.82) is 0 Å². The second-order valence-electron chi connectivity index (χ2n) is 5.95. The molecule has 1 saturated carbocycles. The number of allylic oxidation sites excluding steroid dienone is 2. The molecule has 0 bridgehead atoms. The fourth-order valence-electron chi connectivity index (χ4n) is 3.54. The van der Waals surface area contributed by atoms with E-state index in [1.165, 1.54) is 24.8 Å². The van der Waals surface area contributed by atoms with Crippen molar-refractivity contribution < 1.29 is 9.90 Å². The highest BCUT2D eigenvalue weighted by atomic mass is 16.4. The van der Waals surface area contributed by atoms with Crippen molar-refractivity contribution in [1.82, 2.24) is 0 Å². The third-order valence-electron chi connectivity index (χ3n) is 4.70. The van der Waals surface area contributed by atoms with Gasteiger partial charge in [0.25, 0.3) is 0 Å². The molecule has 2 aliphatic carbocycles. The summed E-state index contributed by atoms with van der Waals surface area (Å²) in [4.78, 5) is 11.0. The van der Waals surface area contributed by atoms with Crippen LogP contribution in [0, 0.1) is 17.3 Å². The fraction of sp³-hybridized carbons (Fsp3) is 0.667. The SMILES string of the molecule is C=C(C(=O)O)[C@@H]1C=C2[C@H](C)CCC[C@@]2(C)CC1. The van der Waals surface area contributed by atoms with Gasteiger partial charge in [-0.05, 0) is 37.0 Å². The minimum atomic E-state index is -0.848. The standard InChI is InChI=1S/C15H22O2/c1-10-5-4-7-15(3)8-6-12(9-13(10)15)11(2)14(16)17/h9-10,12H,2,4-8H2,1,3H3,(H,16,17)/t10-,12+,15+/m1/s1. The van der Waals surface area contributed by atoms with Gasteiger partial charge in [-0.1, -0.05) is 38.5 Å². The molecule has 2 nitrogen and oxygen atoms in total. The van der Waals surface area contributed by atoms with E-state index in [9.17, 15) is 4.79 Å². The normalized spacial score (nSPS) is 36.9. The molecule has 0 heterocycles. The number of aliphatic carboxylic acids is 1. The Balaban J connectivity index is 2.28. The van der Waals surface area contributed by atoms with Crippen molar-refractivity contribution in [3.8, 4) is 0 Å². The van der Waals surface area contributed by atoms with Crippen LogP contribution in [0.15, 0.2) is 23.8 Å². The first-order valence-electron chi connectivity index (χ1n) is 6.58. The van der Waals surface area contributed by atoms with E-state index in [0.717, 1.165) is 12.8 Å². The van der Waals surface area contributed by atoms with Crippen molar-refractivity contribution in [2.75, 3.05) is 0 Å². The van der Waals surface area contributed by atoms with E-state index in [0.29, 0.717) is 16.9 Å². The first kappa shape index (κ1) is 12.4. The Morgan fingerprint density at radius 1 is 1.47 bits per heavy atom. The van der Waals surface area contributed by atoms with Gasteiger partial charge in [-0.3, -0.25) is 0 Å². The summed E-state index contributed by atoms with van der Waals surface area (Å²) in [5.41, 5.74) is 2.17. The van der Waals surface area contributed by atoms with Crippen LogP contribution in [0.2, 0.25) is 0 Å². The predicted octanol–water partition coefficient (Wildman–Crippen LogP) is 3.79. The van der Waals surface area contributed by atoms with Crippen LogP contribution in [0.4, 0.5) is 0 Å². The predicted molar refractivity (Wildman–Crippen MR) is 68.7 cm³/mol. The highest BCUT2D eigenvalue weighted by Gasteiger charge is 2.39. The Hall–Kier alpha value is -1.05. The molecule has 3 atom stereocenters. The van der Waals surface area contributed by atoms with Gasteiger partial charge in [0.2, 0.25) is 0 Å². The minimum Gasteiger partial charge on any atom is -0.478 e. The van der Waals surface area contributed by atoms with Crippen LogP contribution in [0.3, 0.4) is 0 Å². The third kappa shape index (κ3) is 2.18. The second-order valence-corrected chi connectivity index (χ2v) is 5.95. The van der Waals surface area contributed by atoms with Crippen molar-refractivity contribution in [3.05, 3.63) is 23.8 Å². The molecule has 0 aromatic rings. The van der Waals surface area contributed by atoms with Gasteiger partial charge in [0.1, 0.15) is 0 Å². The van der Waals surface area contributed by atoms with Crippen molar-refractivity contribution >= 4 is 5.97 Å². The molecule has 0 amide bonds. The number of carboxylic acid groups (broad SMARTS) is 1. The highest BCUT2D eigenvalue weighted by molar-refractivity contribution is 5.86. The van der Waals surface area contributed by atoms with Crippen LogP contribution in [0.25, 0.3) is 0 Å². The number of fused-ring (bicyclic) bond motifs is 1. The molecule has 2 heteroatoms. The van der Waals surface area contributed by atoms with Crippen LogP contribution in [-0.2, 0) is 4.79 Å². The Morgan fingerprint density at radius 2 is 2.18 bits per heavy atom. The second kappa shape index (κ2) is 4.32. The van der Waals surface area contributed by atoms with Gasteiger partial charge in [-0.2, -0.15) is 0 Å². The van der Waals surface area contributed by atoms with Gasteiger partial charge in [0, 0.05) is 11.5 Å². The van der Waals surface area contributed by atoms with Gasteiger partial charge in [0.15, 0.2) is 0 Å². The summed E-state index contributed by atoms with van der Waals surface area (Å²) < 4.78 is 0. The van der Waals surface area contributed by atoms with E-state index < -0.39 is 5.97 Å². The first-order chi connectivity index (χ1) is 7.94. The summed E-state index contributed by atoms with van der Waals surface area (Å²) in [5, 5.41) is 9.03. The molecular formula is C15H22O2. The monoisotopic (exact) mass is 234 g/mol. The van der Waals surface area contributed by atoms with E-state index in [2.05, 4.69) is 26.5 Å². The summed E-state index contributed by atoms with van der Waals surface area (Å²) in [5.74, 6) is -0.187. The Labute approximate surface area is 103 Å². The lowest BCUT2D eigenvalue weighted by molar-refractivity contribution is -0.133. The molecule has 0 unspecified atom stereocenters. The smallest absolute Gasteiger partial charge is 0.331 e. The lowest BCUT2D eigenvalue weighted by atomic mass is 9.60. The van der Waals surface area contributed by atoms with Gasteiger partial charge in [-0.25, -0.2) is 4.79 Å². The lowest BCUT2D eigenvalue weighted by Gasteiger charge is -2.44. The topological polar surface area (TPSA) is 37.3 Å². The molecule has 1 N–H and O–H groups in total. The number of hydrogen-bond donors (Lipinski definition) is 1. The maximum absolute atomic E-state index is 11.0. The number of rotatable bonds is 2. The van der Waals surface area contributed by atoms with E-state index in [1.54, 1.807) is 0 Å².